The van der Waals surface area contributed by atoms with Crippen LogP contribution in [0, 0.1) is 11.3 Å². The van der Waals surface area contributed by atoms with Gasteiger partial charge in [0, 0.05) is 44.4 Å². The predicted octanol–water partition coefficient (Wildman–Crippen LogP) is 2.40. The molecule has 1 unspecified atom stereocenters. The Kier molecular flexibility index (Phi) is 5.61. The van der Waals surface area contributed by atoms with Gasteiger partial charge in [-0.15, -0.1) is 0 Å². The molecular formula is C16H29N3O. The molecule has 0 aliphatic carbocycles. The SMILES string of the molecule is CC(C)CNCC1(CCc2nccn2C)CCCOC1. The Balaban J connectivity index is 1.90. The van der Waals surface area contributed by atoms with Crippen LogP contribution < -0.4 is 5.32 Å². The molecule has 2 heterocycles. The van der Waals surface area contributed by atoms with Crippen LogP contribution in [0.3, 0.4) is 0 Å². The van der Waals surface area contributed by atoms with Crippen molar-refractivity contribution in [3.05, 3.63) is 18.2 Å². The standard InChI is InChI=1S/C16H29N3O/c1-14(2)11-17-12-16(6-4-10-20-13-16)7-5-15-18-8-9-19(15)3/h8-9,14,17H,4-7,10-13H2,1-3H3. The minimum Gasteiger partial charge on any atom is -0.381 e. The highest BCUT2D eigenvalue weighted by atomic mass is 16.5. The normalized spacial score (nSPS) is 23.4. The summed E-state index contributed by atoms with van der Waals surface area (Å²) in [7, 11) is 2.07. The first-order valence-electron chi connectivity index (χ1n) is 7.86. The number of ether oxygens (including phenoxy) is 1. The molecule has 1 aliphatic rings. The summed E-state index contributed by atoms with van der Waals surface area (Å²) in [4.78, 5) is 4.44. The maximum absolute atomic E-state index is 5.78. The summed E-state index contributed by atoms with van der Waals surface area (Å²) < 4.78 is 7.90. The van der Waals surface area contributed by atoms with Crippen molar-refractivity contribution in [3.63, 3.8) is 0 Å². The highest BCUT2D eigenvalue weighted by Crippen LogP contribution is 2.33. The first-order valence-corrected chi connectivity index (χ1v) is 7.86. The van der Waals surface area contributed by atoms with E-state index in [1.807, 2.05) is 12.4 Å². The molecule has 0 amide bonds. The lowest BCUT2D eigenvalue weighted by atomic mass is 9.78. The summed E-state index contributed by atoms with van der Waals surface area (Å²) in [6, 6.07) is 0. The van der Waals surface area contributed by atoms with Gasteiger partial charge in [-0.05, 0) is 31.7 Å². The lowest BCUT2D eigenvalue weighted by Gasteiger charge is -2.37. The van der Waals surface area contributed by atoms with E-state index >= 15 is 0 Å². The molecular weight excluding hydrogens is 250 g/mol. The van der Waals surface area contributed by atoms with Gasteiger partial charge in [0.2, 0.25) is 0 Å². The number of nitrogens with one attached hydrogen (secondary N) is 1. The molecule has 4 nitrogen and oxygen atoms in total. The molecule has 0 bridgehead atoms. The van der Waals surface area contributed by atoms with Gasteiger partial charge in [-0.2, -0.15) is 0 Å². The molecule has 0 spiro atoms. The van der Waals surface area contributed by atoms with Crippen molar-refractivity contribution >= 4 is 0 Å². The molecule has 0 radical (unpaired) electrons. The predicted molar refractivity (Wildman–Crippen MR) is 81.7 cm³/mol. The molecule has 1 atom stereocenters. The Bertz CT molecular complexity index is 394. The molecule has 1 saturated heterocycles. The molecule has 2 rings (SSSR count). The van der Waals surface area contributed by atoms with Gasteiger partial charge in [-0.3, -0.25) is 0 Å². The van der Waals surface area contributed by atoms with Crippen LogP contribution in [0.2, 0.25) is 0 Å². The Morgan fingerprint density at radius 2 is 2.35 bits per heavy atom. The van der Waals surface area contributed by atoms with Crippen LogP contribution in [0.5, 0.6) is 0 Å². The van der Waals surface area contributed by atoms with Gasteiger partial charge in [-0.25, -0.2) is 4.98 Å². The van der Waals surface area contributed by atoms with Crippen LogP contribution in [0.15, 0.2) is 12.4 Å². The number of imidazole rings is 1. The third-order valence-corrected chi connectivity index (χ3v) is 4.26. The number of rotatable bonds is 7. The third kappa shape index (κ3) is 4.32. The van der Waals surface area contributed by atoms with Crippen molar-refractivity contribution in [2.45, 2.75) is 39.5 Å². The van der Waals surface area contributed by atoms with Gasteiger partial charge in [0.1, 0.15) is 5.82 Å². The Morgan fingerprint density at radius 1 is 1.50 bits per heavy atom. The molecule has 1 aromatic rings. The van der Waals surface area contributed by atoms with E-state index in [0.717, 1.165) is 39.1 Å². The van der Waals surface area contributed by atoms with E-state index in [-0.39, 0.29) is 0 Å². The molecule has 0 aromatic carbocycles. The quantitative estimate of drug-likeness (QED) is 0.833. The zero-order valence-electron chi connectivity index (χ0n) is 13.2. The molecule has 114 valence electrons. The van der Waals surface area contributed by atoms with Crippen molar-refractivity contribution in [1.29, 1.82) is 0 Å². The van der Waals surface area contributed by atoms with Gasteiger partial charge < -0.3 is 14.6 Å². The van der Waals surface area contributed by atoms with Gasteiger partial charge in [0.15, 0.2) is 0 Å². The van der Waals surface area contributed by atoms with Crippen LogP contribution >= 0.6 is 0 Å². The Labute approximate surface area is 122 Å². The fourth-order valence-corrected chi connectivity index (χ4v) is 2.98. The summed E-state index contributed by atoms with van der Waals surface area (Å²) in [5.74, 6) is 1.88. The smallest absolute Gasteiger partial charge is 0.108 e. The number of hydrogen-bond donors (Lipinski definition) is 1. The topological polar surface area (TPSA) is 39.1 Å². The second-order valence-corrected chi connectivity index (χ2v) is 6.64. The van der Waals surface area contributed by atoms with Crippen molar-refractivity contribution in [2.75, 3.05) is 26.3 Å². The van der Waals surface area contributed by atoms with Crippen LogP contribution in [-0.4, -0.2) is 35.9 Å². The summed E-state index contributed by atoms with van der Waals surface area (Å²) in [6.07, 6.45) is 8.55. The zero-order chi connectivity index (χ0) is 14.4. The Hall–Kier alpha value is -0.870. The summed E-state index contributed by atoms with van der Waals surface area (Å²) in [6.45, 7) is 8.48. The van der Waals surface area contributed by atoms with Crippen molar-refractivity contribution < 1.29 is 4.74 Å². The average molecular weight is 279 g/mol. The molecule has 1 aliphatic heterocycles. The van der Waals surface area contributed by atoms with Crippen LogP contribution in [0.25, 0.3) is 0 Å². The minimum atomic E-state index is 0.291. The highest BCUT2D eigenvalue weighted by molar-refractivity contribution is 4.94. The van der Waals surface area contributed by atoms with E-state index in [1.165, 1.54) is 18.7 Å². The number of aromatic nitrogens is 2. The van der Waals surface area contributed by atoms with E-state index in [4.69, 9.17) is 4.74 Å². The number of nitrogens with zero attached hydrogens (tertiary/aromatic N) is 2. The molecule has 1 N–H and O–H groups in total. The van der Waals surface area contributed by atoms with Crippen molar-refractivity contribution in [1.82, 2.24) is 14.9 Å². The lowest BCUT2D eigenvalue weighted by molar-refractivity contribution is -0.0124. The van der Waals surface area contributed by atoms with Crippen molar-refractivity contribution in [3.8, 4) is 0 Å². The molecule has 1 aromatic heterocycles. The van der Waals surface area contributed by atoms with Crippen LogP contribution in [-0.2, 0) is 18.2 Å². The van der Waals surface area contributed by atoms with Crippen molar-refractivity contribution in [2.24, 2.45) is 18.4 Å². The summed E-state index contributed by atoms with van der Waals surface area (Å²) >= 11 is 0. The second kappa shape index (κ2) is 7.23. The molecule has 4 heteroatoms. The molecule has 20 heavy (non-hydrogen) atoms. The maximum atomic E-state index is 5.78. The highest BCUT2D eigenvalue weighted by Gasteiger charge is 2.32. The van der Waals surface area contributed by atoms with Gasteiger partial charge in [0.25, 0.3) is 0 Å². The largest absolute Gasteiger partial charge is 0.381 e. The third-order valence-electron chi connectivity index (χ3n) is 4.26. The zero-order valence-corrected chi connectivity index (χ0v) is 13.2. The lowest BCUT2D eigenvalue weighted by Crippen LogP contribution is -2.42. The minimum absolute atomic E-state index is 0.291. The van der Waals surface area contributed by atoms with E-state index in [1.54, 1.807) is 0 Å². The van der Waals surface area contributed by atoms with E-state index in [9.17, 15) is 0 Å². The summed E-state index contributed by atoms with van der Waals surface area (Å²) in [5.41, 5.74) is 0.291. The number of aryl methyl sites for hydroxylation is 2. The van der Waals surface area contributed by atoms with E-state index in [0.29, 0.717) is 11.3 Å². The Morgan fingerprint density at radius 3 is 2.95 bits per heavy atom. The monoisotopic (exact) mass is 279 g/mol. The van der Waals surface area contributed by atoms with Gasteiger partial charge in [-0.1, -0.05) is 13.8 Å². The van der Waals surface area contributed by atoms with Crippen LogP contribution in [0.4, 0.5) is 0 Å². The second-order valence-electron chi connectivity index (χ2n) is 6.64. The fraction of sp³-hybridized carbons (Fsp3) is 0.812. The molecule has 1 fully saturated rings. The van der Waals surface area contributed by atoms with Gasteiger partial charge in [0.05, 0.1) is 6.61 Å². The fourth-order valence-electron chi connectivity index (χ4n) is 2.98. The molecule has 0 saturated carbocycles. The number of hydrogen-bond acceptors (Lipinski definition) is 3. The maximum Gasteiger partial charge on any atom is 0.108 e. The first kappa shape index (κ1) is 15.5. The summed E-state index contributed by atoms with van der Waals surface area (Å²) in [5, 5.41) is 3.63. The first-order chi connectivity index (χ1) is 9.61. The average Bonchev–Trinajstić information content (AvgIpc) is 2.83. The van der Waals surface area contributed by atoms with Crippen LogP contribution in [0.1, 0.15) is 38.9 Å². The van der Waals surface area contributed by atoms with E-state index < -0.39 is 0 Å². The van der Waals surface area contributed by atoms with E-state index in [2.05, 4.69) is 35.8 Å². The van der Waals surface area contributed by atoms with Gasteiger partial charge >= 0.3 is 0 Å².